The third-order valence-corrected chi connectivity index (χ3v) is 8.46. The van der Waals surface area contributed by atoms with Gasteiger partial charge in [-0.3, -0.25) is 9.69 Å². The van der Waals surface area contributed by atoms with E-state index in [4.69, 9.17) is 5.26 Å². The number of benzene rings is 2. The van der Waals surface area contributed by atoms with Gasteiger partial charge in [-0.1, -0.05) is 48.9 Å². The largest absolute Gasteiger partial charge is 0.347 e. The molecule has 0 bridgehead atoms. The molecule has 1 aromatic heterocycles. The van der Waals surface area contributed by atoms with E-state index >= 15 is 0 Å². The van der Waals surface area contributed by atoms with E-state index in [-0.39, 0.29) is 11.8 Å². The highest BCUT2D eigenvalue weighted by molar-refractivity contribution is 5.80. The van der Waals surface area contributed by atoms with E-state index in [9.17, 15) is 4.79 Å². The first kappa shape index (κ1) is 27.1. The Kier molecular flexibility index (Phi) is 8.75. The first-order valence-corrected chi connectivity index (χ1v) is 14.4. The van der Waals surface area contributed by atoms with E-state index < -0.39 is 5.54 Å². The number of nitriles is 1. The van der Waals surface area contributed by atoms with Gasteiger partial charge in [-0.15, -0.1) is 0 Å². The topological polar surface area (TPSA) is 88.1 Å². The first-order valence-electron chi connectivity index (χ1n) is 14.4. The number of rotatable bonds is 9. The van der Waals surface area contributed by atoms with E-state index in [1.54, 1.807) is 12.5 Å². The zero-order valence-electron chi connectivity index (χ0n) is 23.0. The van der Waals surface area contributed by atoms with Gasteiger partial charge in [0.25, 0.3) is 0 Å². The molecule has 204 valence electrons. The lowest BCUT2D eigenvalue weighted by atomic mass is 9.87. The molecule has 2 fully saturated rings. The van der Waals surface area contributed by atoms with Crippen LogP contribution in [0.1, 0.15) is 67.5 Å². The van der Waals surface area contributed by atoms with Crippen molar-refractivity contribution in [3.05, 3.63) is 89.5 Å². The summed E-state index contributed by atoms with van der Waals surface area (Å²) < 4.78 is 0. The van der Waals surface area contributed by atoms with Gasteiger partial charge in [0.1, 0.15) is 0 Å². The van der Waals surface area contributed by atoms with Crippen molar-refractivity contribution >= 4 is 5.91 Å². The minimum Gasteiger partial charge on any atom is -0.347 e. The minimum atomic E-state index is -0.635. The predicted molar refractivity (Wildman–Crippen MR) is 153 cm³/mol. The Hall–Kier alpha value is -3.47. The fourth-order valence-corrected chi connectivity index (χ4v) is 6.26. The van der Waals surface area contributed by atoms with Crippen LogP contribution in [-0.2, 0) is 16.8 Å². The van der Waals surface area contributed by atoms with Crippen LogP contribution in [0.15, 0.2) is 67.1 Å². The Labute approximate surface area is 232 Å². The highest BCUT2D eigenvalue weighted by atomic mass is 16.2. The smallest absolute Gasteiger partial charge is 0.225 e. The van der Waals surface area contributed by atoms with Gasteiger partial charge in [-0.05, 0) is 75.5 Å². The minimum absolute atomic E-state index is 0.0558. The van der Waals surface area contributed by atoms with Gasteiger partial charge in [-0.25, -0.2) is 4.98 Å². The molecule has 3 aromatic rings. The Balaban J connectivity index is 1.28. The van der Waals surface area contributed by atoms with Crippen molar-refractivity contribution in [1.29, 1.82) is 5.26 Å². The first-order chi connectivity index (χ1) is 19.0. The number of amides is 1. The number of aromatic amines is 1. The molecule has 2 aliphatic heterocycles. The average molecular weight is 525 g/mol. The summed E-state index contributed by atoms with van der Waals surface area (Å²) in [5, 5.41) is 12.6. The Morgan fingerprint density at radius 3 is 2.56 bits per heavy atom. The van der Waals surface area contributed by atoms with Gasteiger partial charge in [0.05, 0.1) is 41.3 Å². The number of H-pyrrole nitrogens is 1. The van der Waals surface area contributed by atoms with Crippen molar-refractivity contribution in [2.75, 3.05) is 32.7 Å². The number of aromatic nitrogens is 2. The maximum atomic E-state index is 13.8. The summed E-state index contributed by atoms with van der Waals surface area (Å²) in [6.45, 7) is 7.11. The number of carbonyl (C=O) groups excluding carboxylic acids is 1. The van der Waals surface area contributed by atoms with Crippen LogP contribution < -0.4 is 5.32 Å². The Morgan fingerprint density at radius 1 is 1.10 bits per heavy atom. The molecule has 2 aromatic carbocycles. The summed E-state index contributed by atoms with van der Waals surface area (Å²) in [6, 6.07) is 21.0. The number of hydrogen-bond donors (Lipinski definition) is 2. The van der Waals surface area contributed by atoms with Crippen LogP contribution >= 0.6 is 0 Å². The van der Waals surface area contributed by atoms with Crippen LogP contribution in [0.3, 0.4) is 0 Å². The molecule has 0 spiro atoms. The van der Waals surface area contributed by atoms with Crippen molar-refractivity contribution in [3.8, 4) is 6.07 Å². The molecule has 2 saturated heterocycles. The highest BCUT2D eigenvalue weighted by Gasteiger charge is 2.35. The summed E-state index contributed by atoms with van der Waals surface area (Å²) in [5.41, 5.74) is 3.31. The number of hydrogen-bond acceptors (Lipinski definition) is 5. The molecule has 3 heterocycles. The van der Waals surface area contributed by atoms with Crippen molar-refractivity contribution in [2.24, 2.45) is 5.92 Å². The summed E-state index contributed by atoms with van der Waals surface area (Å²) in [4.78, 5) is 26.4. The van der Waals surface area contributed by atoms with E-state index in [0.29, 0.717) is 18.0 Å². The SMILES string of the molecule is CC(Cc1ccc(C#N)cc1)(NC(=O)[C@H]1CCCN(CC(c2ccccc2)N2CCCCC2)C1)c1cnc[nH]1. The van der Waals surface area contributed by atoms with Crippen LogP contribution in [0.5, 0.6) is 0 Å². The fraction of sp³-hybridized carbons (Fsp3) is 0.469. The standard InChI is InChI=1S/C32H40N6O/c1-32(30-21-34-24-35-30,19-25-12-14-26(20-33)15-13-25)36-31(39)28-11-8-16-37(22-28)23-29(27-9-4-2-5-10-27)38-17-6-3-7-18-38/h2,4-5,9-10,12-15,21,24,28-29H,3,6-8,11,16-19,22-23H2,1H3,(H,34,35)(H,36,39)/t28-,29?,32?/m0/s1. The van der Waals surface area contributed by atoms with Gasteiger partial charge in [0.2, 0.25) is 5.91 Å². The molecule has 1 amide bonds. The number of nitrogens with one attached hydrogen (secondary N) is 2. The average Bonchev–Trinajstić information content (AvgIpc) is 3.54. The lowest BCUT2D eigenvalue weighted by molar-refractivity contribution is -0.128. The van der Waals surface area contributed by atoms with Crippen molar-refractivity contribution in [3.63, 3.8) is 0 Å². The summed E-state index contributed by atoms with van der Waals surface area (Å²) in [6.07, 6.45) is 9.83. The maximum Gasteiger partial charge on any atom is 0.225 e. The molecule has 2 N–H and O–H groups in total. The molecule has 5 rings (SSSR count). The molecule has 3 atom stereocenters. The number of nitrogens with zero attached hydrogens (tertiary/aromatic N) is 4. The van der Waals surface area contributed by atoms with Crippen LogP contribution in [0.2, 0.25) is 0 Å². The van der Waals surface area contributed by atoms with Crippen molar-refractivity contribution in [1.82, 2.24) is 25.1 Å². The molecular formula is C32H40N6O. The van der Waals surface area contributed by atoms with Crippen LogP contribution in [0.25, 0.3) is 0 Å². The monoisotopic (exact) mass is 524 g/mol. The Morgan fingerprint density at radius 2 is 1.87 bits per heavy atom. The molecule has 2 aliphatic rings. The summed E-state index contributed by atoms with van der Waals surface area (Å²) in [7, 11) is 0. The van der Waals surface area contributed by atoms with Gasteiger partial charge in [0.15, 0.2) is 0 Å². The van der Waals surface area contributed by atoms with Crippen LogP contribution in [0.4, 0.5) is 0 Å². The lowest BCUT2D eigenvalue weighted by Crippen LogP contribution is -2.52. The van der Waals surface area contributed by atoms with E-state index in [0.717, 1.165) is 56.8 Å². The number of carbonyl (C=O) groups is 1. The summed E-state index contributed by atoms with van der Waals surface area (Å²) >= 11 is 0. The quantitative estimate of drug-likeness (QED) is 0.420. The molecule has 7 heteroatoms. The van der Waals surface area contributed by atoms with Gasteiger partial charge < -0.3 is 15.2 Å². The zero-order chi connectivity index (χ0) is 27.1. The molecule has 2 unspecified atom stereocenters. The van der Waals surface area contributed by atoms with E-state index in [1.807, 2.05) is 24.3 Å². The molecule has 0 radical (unpaired) electrons. The number of piperidine rings is 2. The van der Waals surface area contributed by atoms with E-state index in [2.05, 4.69) is 68.4 Å². The third-order valence-electron chi connectivity index (χ3n) is 8.46. The maximum absolute atomic E-state index is 13.8. The molecule has 0 aliphatic carbocycles. The normalized spacial score (nSPS) is 21.0. The zero-order valence-corrected chi connectivity index (χ0v) is 23.0. The summed E-state index contributed by atoms with van der Waals surface area (Å²) in [5.74, 6) is 0.0411. The predicted octanol–water partition coefficient (Wildman–Crippen LogP) is 4.79. The van der Waals surface area contributed by atoms with Crippen molar-refractivity contribution < 1.29 is 4.79 Å². The highest BCUT2D eigenvalue weighted by Crippen LogP contribution is 2.29. The molecule has 0 saturated carbocycles. The van der Waals surface area contributed by atoms with Crippen LogP contribution in [-0.4, -0.2) is 58.4 Å². The van der Waals surface area contributed by atoms with Crippen molar-refractivity contribution in [2.45, 2.75) is 57.0 Å². The van der Waals surface area contributed by atoms with Gasteiger partial charge >= 0.3 is 0 Å². The molecule has 39 heavy (non-hydrogen) atoms. The second-order valence-electron chi connectivity index (χ2n) is 11.4. The van der Waals surface area contributed by atoms with Crippen LogP contribution in [0, 0.1) is 17.2 Å². The lowest BCUT2D eigenvalue weighted by Gasteiger charge is -2.41. The fourth-order valence-electron chi connectivity index (χ4n) is 6.26. The van der Waals surface area contributed by atoms with Gasteiger partial charge in [0, 0.05) is 25.6 Å². The molecule has 7 nitrogen and oxygen atoms in total. The number of imidazole rings is 1. The van der Waals surface area contributed by atoms with E-state index in [1.165, 1.54) is 24.8 Å². The third kappa shape index (κ3) is 6.76. The number of likely N-dealkylation sites (tertiary alicyclic amines) is 2. The molecular weight excluding hydrogens is 484 g/mol. The Bertz CT molecular complexity index is 1230. The second-order valence-corrected chi connectivity index (χ2v) is 11.4. The second kappa shape index (κ2) is 12.6. The van der Waals surface area contributed by atoms with Gasteiger partial charge in [-0.2, -0.15) is 5.26 Å².